The van der Waals surface area contributed by atoms with E-state index in [1.54, 1.807) is 12.1 Å². The number of fused-ring (bicyclic) bond motifs is 2. The fourth-order valence-corrected chi connectivity index (χ4v) is 3.35. The smallest absolute Gasteiger partial charge is 0.226 e. The molecule has 4 atom stereocenters. The van der Waals surface area contributed by atoms with Gasteiger partial charge in [-0.1, -0.05) is 23.7 Å². The average Bonchev–Trinajstić information content (AvgIpc) is 3.06. The van der Waals surface area contributed by atoms with Crippen LogP contribution >= 0.6 is 11.6 Å². The molecular formula is C15H15ClNO4-. The molecule has 1 aromatic carbocycles. The Hall–Kier alpha value is -1.59. The summed E-state index contributed by atoms with van der Waals surface area (Å²) < 4.78 is 5.55. The monoisotopic (exact) mass is 308 g/mol. The van der Waals surface area contributed by atoms with E-state index < -0.39 is 17.8 Å². The number of hydrogen-bond acceptors (Lipinski definition) is 4. The highest BCUT2D eigenvalue weighted by molar-refractivity contribution is 6.30. The molecule has 5 nitrogen and oxygen atoms in total. The van der Waals surface area contributed by atoms with Crippen LogP contribution in [0.4, 0.5) is 0 Å². The van der Waals surface area contributed by atoms with Crippen LogP contribution < -0.4 is 10.4 Å². The van der Waals surface area contributed by atoms with Gasteiger partial charge in [0.25, 0.3) is 0 Å². The number of carboxylic acids is 1. The molecule has 0 radical (unpaired) electrons. The molecule has 0 aliphatic carbocycles. The Morgan fingerprint density at radius 2 is 1.81 bits per heavy atom. The Kier molecular flexibility index (Phi) is 3.87. The number of nitrogens with one attached hydrogen (secondary N) is 1. The molecule has 2 fully saturated rings. The molecule has 2 bridgehead atoms. The summed E-state index contributed by atoms with van der Waals surface area (Å²) in [7, 11) is 0. The van der Waals surface area contributed by atoms with Crippen LogP contribution in [0.5, 0.6) is 0 Å². The maximum atomic E-state index is 12.3. The Morgan fingerprint density at radius 3 is 2.43 bits per heavy atom. The largest absolute Gasteiger partial charge is 0.550 e. The number of carboxylic acid groups (broad SMARTS) is 1. The third-order valence-electron chi connectivity index (χ3n) is 4.23. The first kappa shape index (κ1) is 14.4. The average molecular weight is 309 g/mol. The highest BCUT2D eigenvalue weighted by Gasteiger charge is 2.52. The molecule has 6 heteroatoms. The summed E-state index contributed by atoms with van der Waals surface area (Å²) in [5, 5.41) is 14.6. The summed E-state index contributed by atoms with van der Waals surface area (Å²) >= 11 is 5.80. The molecule has 21 heavy (non-hydrogen) atoms. The first-order valence-corrected chi connectivity index (χ1v) is 7.32. The summed E-state index contributed by atoms with van der Waals surface area (Å²) in [6.07, 6.45) is 0.729. The zero-order chi connectivity index (χ0) is 15.0. The highest BCUT2D eigenvalue weighted by Crippen LogP contribution is 2.43. The van der Waals surface area contributed by atoms with Gasteiger partial charge in [0.1, 0.15) is 0 Å². The van der Waals surface area contributed by atoms with Crippen molar-refractivity contribution in [3.8, 4) is 0 Å². The third kappa shape index (κ3) is 2.76. The SMILES string of the molecule is O=C(NCc1ccc(Cl)cc1)[C@@H]1[C@@H](C(=O)[O-])[C@H]2CC[C@@H]1O2. The zero-order valence-electron chi connectivity index (χ0n) is 11.3. The summed E-state index contributed by atoms with van der Waals surface area (Å²) in [5.74, 6) is -2.98. The van der Waals surface area contributed by atoms with Crippen LogP contribution in [0.25, 0.3) is 0 Å². The van der Waals surface area contributed by atoms with Gasteiger partial charge in [-0.2, -0.15) is 0 Å². The van der Waals surface area contributed by atoms with Gasteiger partial charge in [0.2, 0.25) is 5.91 Å². The van der Waals surface area contributed by atoms with Gasteiger partial charge in [0, 0.05) is 23.5 Å². The molecule has 1 aromatic rings. The molecular weight excluding hydrogens is 294 g/mol. The van der Waals surface area contributed by atoms with Crippen LogP contribution in [0.2, 0.25) is 5.02 Å². The maximum Gasteiger partial charge on any atom is 0.226 e. The van der Waals surface area contributed by atoms with Gasteiger partial charge >= 0.3 is 0 Å². The minimum atomic E-state index is -1.20. The Labute approximate surface area is 127 Å². The number of carbonyl (C=O) groups is 2. The molecule has 0 spiro atoms. The van der Waals surface area contributed by atoms with E-state index in [0.29, 0.717) is 18.0 Å². The van der Waals surface area contributed by atoms with E-state index in [4.69, 9.17) is 16.3 Å². The number of halogens is 1. The number of rotatable bonds is 4. The second-order valence-corrected chi connectivity index (χ2v) is 5.94. The second kappa shape index (κ2) is 5.66. The van der Waals surface area contributed by atoms with Crippen LogP contribution in [-0.4, -0.2) is 24.1 Å². The highest BCUT2D eigenvalue weighted by atomic mass is 35.5. The number of hydrogen-bond donors (Lipinski definition) is 1. The first-order valence-electron chi connectivity index (χ1n) is 6.95. The Morgan fingerprint density at radius 1 is 1.19 bits per heavy atom. The summed E-state index contributed by atoms with van der Waals surface area (Å²) in [5.41, 5.74) is 0.904. The van der Waals surface area contributed by atoms with Gasteiger partial charge in [-0.3, -0.25) is 4.79 Å². The molecule has 0 saturated carbocycles. The zero-order valence-corrected chi connectivity index (χ0v) is 12.0. The lowest BCUT2D eigenvalue weighted by Gasteiger charge is -2.27. The van der Waals surface area contributed by atoms with Gasteiger partial charge in [-0.15, -0.1) is 0 Å². The third-order valence-corrected chi connectivity index (χ3v) is 4.48. The summed E-state index contributed by atoms with van der Waals surface area (Å²) in [6.45, 7) is 0.337. The molecule has 1 amide bonds. The minimum Gasteiger partial charge on any atom is -0.550 e. The lowest BCUT2D eigenvalue weighted by atomic mass is 9.78. The number of amides is 1. The second-order valence-electron chi connectivity index (χ2n) is 5.51. The van der Waals surface area contributed by atoms with Crippen molar-refractivity contribution in [3.63, 3.8) is 0 Å². The predicted octanol–water partition coefficient (Wildman–Crippen LogP) is 0.500. The van der Waals surface area contributed by atoms with E-state index >= 15 is 0 Å². The van der Waals surface area contributed by atoms with Crippen molar-refractivity contribution < 1.29 is 19.4 Å². The lowest BCUT2D eigenvalue weighted by Crippen LogP contribution is -2.48. The van der Waals surface area contributed by atoms with Crippen molar-refractivity contribution in [1.82, 2.24) is 5.32 Å². The molecule has 0 unspecified atom stereocenters. The van der Waals surface area contributed by atoms with Crippen LogP contribution in [-0.2, 0) is 20.9 Å². The van der Waals surface area contributed by atoms with Gasteiger partial charge in [-0.25, -0.2) is 0 Å². The Balaban J connectivity index is 1.64. The van der Waals surface area contributed by atoms with Crippen LogP contribution in [0, 0.1) is 11.8 Å². The summed E-state index contributed by atoms with van der Waals surface area (Å²) in [6, 6.07) is 7.12. The molecule has 3 rings (SSSR count). The fourth-order valence-electron chi connectivity index (χ4n) is 3.22. The van der Waals surface area contributed by atoms with Crippen molar-refractivity contribution in [2.45, 2.75) is 31.6 Å². The topological polar surface area (TPSA) is 78.5 Å². The van der Waals surface area contributed by atoms with Crippen LogP contribution in [0.3, 0.4) is 0 Å². The minimum absolute atomic E-state index is 0.286. The van der Waals surface area contributed by atoms with E-state index in [1.807, 2.05) is 12.1 Å². The van der Waals surface area contributed by atoms with Gasteiger partial charge in [0.05, 0.1) is 18.1 Å². The van der Waals surface area contributed by atoms with Crippen LogP contribution in [0.15, 0.2) is 24.3 Å². The van der Waals surface area contributed by atoms with Crippen LogP contribution in [0.1, 0.15) is 18.4 Å². The molecule has 1 N–H and O–H groups in total. The molecule has 112 valence electrons. The van der Waals surface area contributed by atoms with Crippen molar-refractivity contribution in [2.24, 2.45) is 11.8 Å². The predicted molar refractivity (Wildman–Crippen MR) is 73.2 cm³/mol. The molecule has 2 heterocycles. The molecule has 0 aromatic heterocycles. The van der Waals surface area contributed by atoms with Crippen molar-refractivity contribution in [2.75, 3.05) is 0 Å². The van der Waals surface area contributed by atoms with Gasteiger partial charge in [-0.05, 0) is 30.5 Å². The van der Waals surface area contributed by atoms with Crippen molar-refractivity contribution >= 4 is 23.5 Å². The van der Waals surface area contributed by atoms with E-state index in [-0.39, 0.29) is 18.1 Å². The molecule has 2 aliphatic rings. The van der Waals surface area contributed by atoms with Crippen molar-refractivity contribution in [3.05, 3.63) is 34.9 Å². The quantitative estimate of drug-likeness (QED) is 0.878. The van der Waals surface area contributed by atoms with Gasteiger partial charge in [0.15, 0.2) is 0 Å². The lowest BCUT2D eigenvalue weighted by molar-refractivity contribution is -0.314. The van der Waals surface area contributed by atoms with E-state index in [0.717, 1.165) is 12.0 Å². The molecule has 2 saturated heterocycles. The Bertz CT molecular complexity index is 559. The van der Waals surface area contributed by atoms with E-state index in [2.05, 4.69) is 5.32 Å². The van der Waals surface area contributed by atoms with E-state index in [1.165, 1.54) is 0 Å². The summed E-state index contributed by atoms with van der Waals surface area (Å²) in [4.78, 5) is 23.5. The normalized spacial score (nSPS) is 30.3. The van der Waals surface area contributed by atoms with Gasteiger partial charge < -0.3 is 20.0 Å². The standard InChI is InChI=1S/C15H16ClNO4/c16-9-3-1-8(2-4-9)7-17-14(18)12-10-5-6-11(21-10)13(12)15(19)20/h1-4,10-13H,5-7H2,(H,17,18)(H,19,20)/p-1/t10-,11+,12-,13-/m0/s1. The number of carbonyl (C=O) groups excluding carboxylic acids is 2. The van der Waals surface area contributed by atoms with E-state index in [9.17, 15) is 14.7 Å². The fraction of sp³-hybridized carbons (Fsp3) is 0.467. The number of ether oxygens (including phenoxy) is 1. The van der Waals surface area contributed by atoms with Crippen molar-refractivity contribution in [1.29, 1.82) is 0 Å². The number of benzene rings is 1. The maximum absolute atomic E-state index is 12.3. The first-order chi connectivity index (χ1) is 10.1. The molecule has 2 aliphatic heterocycles. The number of aliphatic carboxylic acids is 1.